The van der Waals surface area contributed by atoms with E-state index in [-0.39, 0.29) is 17.0 Å². The summed E-state index contributed by atoms with van der Waals surface area (Å²) < 4.78 is 13.8. The van der Waals surface area contributed by atoms with Gasteiger partial charge in [0, 0.05) is 18.0 Å². The molecule has 2 aromatic carbocycles. The minimum absolute atomic E-state index is 0.0803. The van der Waals surface area contributed by atoms with Gasteiger partial charge in [0.05, 0.1) is 27.1 Å². The maximum Gasteiger partial charge on any atom is 0.356 e. The molecule has 0 bridgehead atoms. The monoisotopic (exact) mass is 439 g/mol. The molecule has 162 valence electrons. The van der Waals surface area contributed by atoms with Gasteiger partial charge in [-0.2, -0.15) is 0 Å². The number of benzene rings is 2. The topological polar surface area (TPSA) is 101 Å². The predicted molar refractivity (Wildman–Crippen MR) is 121 cm³/mol. The lowest BCUT2D eigenvalue weighted by Crippen LogP contribution is -2.17. The Morgan fingerprint density at radius 1 is 1.13 bits per heavy atom. The van der Waals surface area contributed by atoms with Gasteiger partial charge in [-0.25, -0.2) is 9.78 Å². The van der Waals surface area contributed by atoms with Gasteiger partial charge in [-0.1, -0.05) is 32.9 Å². The van der Waals surface area contributed by atoms with Crippen molar-refractivity contribution < 1.29 is 18.9 Å². The number of nitrogens with one attached hydrogen (secondary N) is 1. The van der Waals surface area contributed by atoms with Crippen LogP contribution in [0.4, 0.5) is 5.69 Å². The fraction of sp³-hybridized carbons (Fsp3) is 0.261. The van der Waals surface area contributed by atoms with Crippen LogP contribution in [0.3, 0.4) is 0 Å². The normalized spacial score (nSPS) is 12.4. The number of carboxylic acids is 1. The number of rotatable bonds is 5. The molecule has 0 aliphatic rings. The molecule has 1 aromatic heterocycles. The van der Waals surface area contributed by atoms with Crippen LogP contribution in [-0.2, 0) is 16.2 Å². The van der Waals surface area contributed by atoms with Crippen molar-refractivity contribution >= 4 is 28.4 Å². The average molecular weight is 440 g/mol. The van der Waals surface area contributed by atoms with E-state index in [0.717, 1.165) is 11.1 Å². The Morgan fingerprint density at radius 2 is 1.84 bits per heavy atom. The molecular formula is C23H25N3O4S. The first-order valence-corrected chi connectivity index (χ1v) is 11.2. The Hall–Kier alpha value is -3.26. The highest BCUT2D eigenvalue weighted by atomic mass is 32.2. The van der Waals surface area contributed by atoms with Gasteiger partial charge in [-0.05, 0) is 47.7 Å². The minimum Gasteiger partial charge on any atom is -0.476 e. The maximum atomic E-state index is 13.0. The molecule has 8 heteroatoms. The summed E-state index contributed by atoms with van der Waals surface area (Å²) in [7, 11) is -1.27. The standard InChI is InChI=1S/C23H25N3O4S/c1-14-6-7-15(10-19(14)26-12-18(22(28)29)24-13-26)21(27)25-17-11-16(23(2,3)4)8-9-20(17)31(5)30/h6-13H,1-5H3,(H,25,27)(H,28,29). The molecule has 1 amide bonds. The van der Waals surface area contributed by atoms with E-state index in [4.69, 9.17) is 5.11 Å². The van der Waals surface area contributed by atoms with E-state index in [2.05, 4.69) is 31.1 Å². The Kier molecular flexibility index (Phi) is 6.13. The molecular weight excluding hydrogens is 414 g/mol. The SMILES string of the molecule is Cc1ccc(C(=O)Nc2cc(C(C)(C)C)ccc2S(C)=O)cc1-n1cnc(C(=O)O)c1. The Bertz CT molecular complexity index is 1190. The Balaban J connectivity index is 1.97. The van der Waals surface area contributed by atoms with Gasteiger partial charge in [0.1, 0.15) is 6.33 Å². The van der Waals surface area contributed by atoms with E-state index in [1.807, 2.05) is 19.1 Å². The van der Waals surface area contributed by atoms with Crippen LogP contribution in [0.15, 0.2) is 53.8 Å². The number of carbonyl (C=O) groups is 2. The number of nitrogens with zero attached hydrogens (tertiary/aromatic N) is 2. The second-order valence-corrected chi connectivity index (χ2v) is 9.69. The molecule has 2 N–H and O–H groups in total. The van der Waals surface area contributed by atoms with Gasteiger partial charge < -0.3 is 15.0 Å². The highest BCUT2D eigenvalue weighted by Gasteiger charge is 2.19. The predicted octanol–water partition coefficient (Wildman–Crippen LogP) is 4.17. The van der Waals surface area contributed by atoms with Crippen molar-refractivity contribution in [3.05, 3.63) is 71.3 Å². The molecule has 0 fully saturated rings. The van der Waals surface area contributed by atoms with Crippen molar-refractivity contribution in [3.63, 3.8) is 0 Å². The average Bonchev–Trinajstić information content (AvgIpc) is 3.17. The number of imidazole rings is 1. The van der Waals surface area contributed by atoms with Crippen LogP contribution in [0.5, 0.6) is 0 Å². The number of hydrogen-bond acceptors (Lipinski definition) is 4. The number of carbonyl (C=O) groups excluding carboxylic acids is 1. The second kappa shape index (κ2) is 8.47. The first-order chi connectivity index (χ1) is 14.5. The summed E-state index contributed by atoms with van der Waals surface area (Å²) >= 11 is 0. The third-order valence-electron chi connectivity index (χ3n) is 4.95. The van der Waals surface area contributed by atoms with Crippen LogP contribution in [0, 0.1) is 6.92 Å². The van der Waals surface area contributed by atoms with Crippen molar-refractivity contribution in [2.24, 2.45) is 0 Å². The Labute approximate surface area is 183 Å². The smallest absolute Gasteiger partial charge is 0.356 e. The number of aromatic carboxylic acids is 1. The molecule has 0 aliphatic heterocycles. The molecule has 0 saturated carbocycles. The zero-order valence-corrected chi connectivity index (χ0v) is 18.9. The van der Waals surface area contributed by atoms with Crippen LogP contribution in [-0.4, -0.2) is 37.0 Å². The lowest BCUT2D eigenvalue weighted by Gasteiger charge is -2.21. The number of anilines is 1. The van der Waals surface area contributed by atoms with Gasteiger partial charge in [0.25, 0.3) is 5.91 Å². The number of carboxylic acid groups (broad SMARTS) is 1. The largest absolute Gasteiger partial charge is 0.476 e. The molecule has 1 atom stereocenters. The summed E-state index contributed by atoms with van der Waals surface area (Å²) in [5.41, 5.74) is 3.21. The van der Waals surface area contributed by atoms with Crippen LogP contribution in [0.25, 0.3) is 5.69 Å². The molecule has 31 heavy (non-hydrogen) atoms. The van der Waals surface area contributed by atoms with Crippen LogP contribution in [0.1, 0.15) is 52.7 Å². The lowest BCUT2D eigenvalue weighted by atomic mass is 9.87. The number of aryl methyl sites for hydroxylation is 1. The highest BCUT2D eigenvalue weighted by molar-refractivity contribution is 7.84. The fourth-order valence-corrected chi connectivity index (χ4v) is 3.81. The van der Waals surface area contributed by atoms with E-state index >= 15 is 0 Å². The third kappa shape index (κ3) is 4.91. The summed E-state index contributed by atoms with van der Waals surface area (Å²) in [5.74, 6) is -1.47. The molecule has 0 aliphatic carbocycles. The summed E-state index contributed by atoms with van der Waals surface area (Å²) in [6, 6.07) is 10.7. The maximum absolute atomic E-state index is 13.0. The van der Waals surface area contributed by atoms with Gasteiger partial charge >= 0.3 is 5.97 Å². The lowest BCUT2D eigenvalue weighted by molar-refractivity contribution is 0.0690. The van der Waals surface area contributed by atoms with Crippen molar-refractivity contribution in [2.45, 2.75) is 38.0 Å². The van der Waals surface area contributed by atoms with Crippen molar-refractivity contribution in [1.82, 2.24) is 9.55 Å². The first-order valence-electron chi connectivity index (χ1n) is 9.65. The Morgan fingerprint density at radius 3 is 2.42 bits per heavy atom. The first kappa shape index (κ1) is 22.4. The van der Waals surface area contributed by atoms with Gasteiger partial charge in [0.15, 0.2) is 5.69 Å². The molecule has 0 spiro atoms. The van der Waals surface area contributed by atoms with Gasteiger partial charge in [-0.15, -0.1) is 0 Å². The molecule has 7 nitrogen and oxygen atoms in total. The van der Waals surface area contributed by atoms with Gasteiger partial charge in [-0.3, -0.25) is 9.00 Å². The molecule has 3 rings (SSSR count). The summed E-state index contributed by atoms with van der Waals surface area (Å²) in [6.07, 6.45) is 4.38. The van der Waals surface area contributed by atoms with E-state index in [9.17, 15) is 13.8 Å². The summed E-state index contributed by atoms with van der Waals surface area (Å²) in [4.78, 5) is 28.6. The molecule has 3 aromatic rings. The zero-order chi connectivity index (χ0) is 22.9. The molecule has 0 radical (unpaired) electrons. The van der Waals surface area contributed by atoms with E-state index in [1.54, 1.807) is 35.1 Å². The van der Waals surface area contributed by atoms with E-state index in [0.29, 0.717) is 21.8 Å². The third-order valence-corrected chi connectivity index (χ3v) is 5.93. The molecule has 0 saturated heterocycles. The van der Waals surface area contributed by atoms with Crippen LogP contribution in [0.2, 0.25) is 0 Å². The van der Waals surface area contributed by atoms with Crippen molar-refractivity contribution in [3.8, 4) is 5.69 Å². The van der Waals surface area contributed by atoms with E-state index < -0.39 is 16.8 Å². The van der Waals surface area contributed by atoms with Crippen molar-refractivity contribution in [2.75, 3.05) is 11.6 Å². The second-order valence-electron chi connectivity index (χ2n) is 8.34. The number of aromatic nitrogens is 2. The summed E-state index contributed by atoms with van der Waals surface area (Å²) in [5, 5.41) is 12.0. The molecule has 1 unspecified atom stereocenters. The zero-order valence-electron chi connectivity index (χ0n) is 18.1. The van der Waals surface area contributed by atoms with Gasteiger partial charge in [0.2, 0.25) is 0 Å². The highest BCUT2D eigenvalue weighted by Crippen LogP contribution is 2.29. The minimum atomic E-state index is -1.27. The fourth-order valence-electron chi connectivity index (χ4n) is 3.13. The quantitative estimate of drug-likeness (QED) is 0.621. The van der Waals surface area contributed by atoms with Crippen molar-refractivity contribution in [1.29, 1.82) is 0 Å². The van der Waals surface area contributed by atoms with Crippen LogP contribution >= 0.6 is 0 Å². The molecule has 1 heterocycles. The number of amides is 1. The summed E-state index contributed by atoms with van der Waals surface area (Å²) in [6.45, 7) is 8.07. The van der Waals surface area contributed by atoms with E-state index in [1.165, 1.54) is 12.5 Å². The van der Waals surface area contributed by atoms with Crippen LogP contribution < -0.4 is 5.32 Å². The number of hydrogen-bond donors (Lipinski definition) is 2.